The number of aromatic nitrogens is 3. The molecule has 0 aliphatic rings. The second-order valence-corrected chi connectivity index (χ2v) is 20.3. The number of aryl methyl sites for hydroxylation is 4. The Hall–Kier alpha value is -9.89. The van der Waals surface area contributed by atoms with Crippen molar-refractivity contribution < 1.29 is 0 Å². The molecule has 0 saturated heterocycles. The minimum atomic E-state index is 0.596. The molecule has 0 aliphatic carbocycles. The van der Waals surface area contributed by atoms with E-state index in [2.05, 4.69) is 289 Å². The Labute approximate surface area is 441 Å². The molecule has 0 spiro atoms. The number of rotatable bonds is 8. The Morgan fingerprint density at radius 1 is 0.303 bits per heavy atom. The molecule has 3 heterocycles. The molecule has 360 valence electrons. The molecule has 0 aliphatic heterocycles. The van der Waals surface area contributed by atoms with E-state index in [4.69, 9.17) is 0 Å². The summed E-state index contributed by atoms with van der Waals surface area (Å²) in [4.78, 5) is 2.34. The smallest absolute Gasteiger partial charge is 0.101 e. The highest BCUT2D eigenvalue weighted by molar-refractivity contribution is 6.17. The Bertz CT molecular complexity index is 4320. The van der Waals surface area contributed by atoms with Crippen molar-refractivity contribution in [2.75, 3.05) is 4.90 Å². The standard InChI is InChI=1S/C71H51N5/c1-45-29-34-62-55(39-45)56-40-46(2)30-35-63(56)74(62)69-67(49-19-9-5-10-20-49)60(44-72)68(50-21-11-6-12-22-50)70(75-64-36-31-47(3)41-57(64)58-42-48(4)32-37-65(58)75)71(69)76-61-28-18-17-27-54(61)59-43-53(33-38-66(59)76)73(51-23-13-7-14-24-51)52-25-15-8-16-26-52/h5-43H,1-4H3. The van der Waals surface area contributed by atoms with Gasteiger partial charge in [-0.15, -0.1) is 0 Å². The molecule has 14 aromatic rings. The first-order valence-electron chi connectivity index (χ1n) is 26.1. The van der Waals surface area contributed by atoms with Gasteiger partial charge in [-0.05, 0) is 136 Å². The van der Waals surface area contributed by atoms with Crippen molar-refractivity contribution in [2.45, 2.75) is 27.7 Å². The molecule has 5 nitrogen and oxygen atoms in total. The number of nitriles is 1. The minimum Gasteiger partial charge on any atom is -0.310 e. The van der Waals surface area contributed by atoms with Gasteiger partial charge in [0.2, 0.25) is 0 Å². The van der Waals surface area contributed by atoms with Crippen LogP contribution in [0.3, 0.4) is 0 Å². The van der Waals surface area contributed by atoms with E-state index < -0.39 is 0 Å². The predicted octanol–water partition coefficient (Wildman–Crippen LogP) is 18.9. The quantitative estimate of drug-likeness (QED) is 0.152. The van der Waals surface area contributed by atoms with Gasteiger partial charge in [0.1, 0.15) is 6.07 Å². The number of hydrogen-bond acceptors (Lipinski definition) is 2. The summed E-state index contributed by atoms with van der Waals surface area (Å²) in [5.41, 5.74) is 21.3. The van der Waals surface area contributed by atoms with Crippen molar-refractivity contribution >= 4 is 82.5 Å². The van der Waals surface area contributed by atoms with E-state index in [0.717, 1.165) is 122 Å². The molecular formula is C71H51N5. The first kappa shape index (κ1) is 44.8. The van der Waals surface area contributed by atoms with Crippen molar-refractivity contribution in [1.82, 2.24) is 13.7 Å². The maximum atomic E-state index is 12.3. The van der Waals surface area contributed by atoms with E-state index in [1.807, 2.05) is 0 Å². The molecule has 0 N–H and O–H groups in total. The zero-order valence-corrected chi connectivity index (χ0v) is 42.8. The third kappa shape index (κ3) is 6.92. The molecule has 0 atom stereocenters. The Morgan fingerprint density at radius 2 is 0.632 bits per heavy atom. The maximum absolute atomic E-state index is 12.3. The van der Waals surface area contributed by atoms with Crippen molar-refractivity contribution in [1.29, 1.82) is 5.26 Å². The topological polar surface area (TPSA) is 41.8 Å². The van der Waals surface area contributed by atoms with Gasteiger partial charge in [0.25, 0.3) is 0 Å². The van der Waals surface area contributed by atoms with Crippen molar-refractivity contribution in [3.63, 3.8) is 0 Å². The number of hydrogen-bond donors (Lipinski definition) is 0. The summed E-state index contributed by atoms with van der Waals surface area (Å²) in [5, 5.41) is 19.2. The Balaban J connectivity index is 1.27. The number of benzene rings is 11. The van der Waals surface area contributed by atoms with Gasteiger partial charge in [-0.1, -0.05) is 162 Å². The van der Waals surface area contributed by atoms with Crippen molar-refractivity contribution in [3.05, 3.63) is 264 Å². The molecular weight excluding hydrogens is 923 g/mol. The van der Waals surface area contributed by atoms with Gasteiger partial charge in [0.05, 0.1) is 55.7 Å². The van der Waals surface area contributed by atoms with Gasteiger partial charge in [-0.2, -0.15) is 5.26 Å². The minimum absolute atomic E-state index is 0.596. The molecule has 3 aromatic heterocycles. The summed E-state index contributed by atoms with van der Waals surface area (Å²) >= 11 is 0. The van der Waals surface area contributed by atoms with Crippen LogP contribution in [-0.2, 0) is 0 Å². The highest BCUT2D eigenvalue weighted by Crippen LogP contribution is 2.52. The van der Waals surface area contributed by atoms with Crippen LogP contribution in [-0.4, -0.2) is 13.7 Å². The fraction of sp³-hybridized carbons (Fsp3) is 0.0563. The van der Waals surface area contributed by atoms with E-state index in [0.29, 0.717) is 5.56 Å². The molecule has 0 fully saturated rings. The average molecular weight is 974 g/mol. The zero-order chi connectivity index (χ0) is 51.2. The lowest BCUT2D eigenvalue weighted by molar-refractivity contribution is 1.05. The van der Waals surface area contributed by atoms with Crippen LogP contribution in [0.4, 0.5) is 17.1 Å². The second kappa shape index (κ2) is 17.7. The van der Waals surface area contributed by atoms with Crippen LogP contribution in [0.2, 0.25) is 0 Å². The van der Waals surface area contributed by atoms with Crippen LogP contribution in [0, 0.1) is 39.0 Å². The lowest BCUT2D eigenvalue weighted by Crippen LogP contribution is -2.14. The van der Waals surface area contributed by atoms with Gasteiger partial charge >= 0.3 is 0 Å². The normalized spacial score (nSPS) is 11.7. The van der Waals surface area contributed by atoms with Crippen LogP contribution in [0.1, 0.15) is 27.8 Å². The number of fused-ring (bicyclic) bond motifs is 9. The third-order valence-electron chi connectivity index (χ3n) is 15.4. The second-order valence-electron chi connectivity index (χ2n) is 20.3. The number of nitrogens with zero attached hydrogens (tertiary/aromatic N) is 5. The van der Waals surface area contributed by atoms with Gasteiger partial charge in [-0.3, -0.25) is 0 Å². The van der Waals surface area contributed by atoms with E-state index in [9.17, 15) is 5.26 Å². The molecule has 0 saturated carbocycles. The molecule has 0 amide bonds. The highest BCUT2D eigenvalue weighted by Gasteiger charge is 2.34. The maximum Gasteiger partial charge on any atom is 0.101 e. The first-order valence-corrected chi connectivity index (χ1v) is 26.1. The lowest BCUT2D eigenvalue weighted by Gasteiger charge is -2.29. The summed E-state index contributed by atoms with van der Waals surface area (Å²) in [6, 6.07) is 88.5. The summed E-state index contributed by atoms with van der Waals surface area (Å²) in [7, 11) is 0. The van der Waals surface area contributed by atoms with Crippen LogP contribution in [0.5, 0.6) is 0 Å². The van der Waals surface area contributed by atoms with E-state index >= 15 is 0 Å². The van der Waals surface area contributed by atoms with Gasteiger partial charge < -0.3 is 18.6 Å². The van der Waals surface area contributed by atoms with Crippen LogP contribution in [0.15, 0.2) is 237 Å². The predicted molar refractivity (Wildman–Crippen MR) is 319 cm³/mol. The van der Waals surface area contributed by atoms with E-state index in [1.165, 1.54) is 22.3 Å². The van der Waals surface area contributed by atoms with Crippen LogP contribution < -0.4 is 4.90 Å². The SMILES string of the molecule is Cc1ccc2c(c1)c1cc(C)ccc1n2-c1c(-c2ccccc2)c(C#N)c(-c2ccccc2)c(-n2c3ccc(C)cc3c3cc(C)ccc32)c1-n1c2ccccc2c2cc(N(c3ccccc3)c3ccccc3)ccc21. The molecule has 0 bridgehead atoms. The zero-order valence-electron chi connectivity index (χ0n) is 42.8. The van der Waals surface area contributed by atoms with Gasteiger partial charge in [-0.25, -0.2) is 0 Å². The summed E-state index contributed by atoms with van der Waals surface area (Å²) in [6.45, 7) is 8.70. The summed E-state index contributed by atoms with van der Waals surface area (Å²) in [6.07, 6.45) is 0. The highest BCUT2D eigenvalue weighted by atomic mass is 15.1. The fourth-order valence-electron chi connectivity index (χ4n) is 12.2. The van der Waals surface area contributed by atoms with Crippen molar-refractivity contribution in [2.24, 2.45) is 0 Å². The van der Waals surface area contributed by atoms with Crippen LogP contribution >= 0.6 is 0 Å². The average Bonchev–Trinajstić information content (AvgIpc) is 4.13. The fourth-order valence-corrected chi connectivity index (χ4v) is 12.2. The van der Waals surface area contributed by atoms with Crippen LogP contribution in [0.25, 0.3) is 105 Å². The summed E-state index contributed by atoms with van der Waals surface area (Å²) < 4.78 is 7.47. The van der Waals surface area contributed by atoms with E-state index in [-0.39, 0.29) is 0 Å². The molecule has 5 heteroatoms. The molecule has 14 rings (SSSR count). The Kier molecular flexibility index (Phi) is 10.4. The van der Waals surface area contributed by atoms with E-state index in [1.54, 1.807) is 0 Å². The van der Waals surface area contributed by atoms with Gasteiger partial charge in [0, 0.05) is 60.5 Å². The number of para-hydroxylation sites is 3. The van der Waals surface area contributed by atoms with Crippen molar-refractivity contribution in [3.8, 4) is 45.4 Å². The van der Waals surface area contributed by atoms with Gasteiger partial charge in [0.15, 0.2) is 0 Å². The molecule has 11 aromatic carbocycles. The third-order valence-corrected chi connectivity index (χ3v) is 15.4. The number of anilines is 3. The molecule has 0 radical (unpaired) electrons. The monoisotopic (exact) mass is 973 g/mol. The lowest BCUT2D eigenvalue weighted by atomic mass is 9.87. The molecule has 0 unspecified atom stereocenters. The summed E-state index contributed by atoms with van der Waals surface area (Å²) in [5.74, 6) is 0. The first-order chi connectivity index (χ1) is 37.3. The largest absolute Gasteiger partial charge is 0.310 e. The Morgan fingerprint density at radius 3 is 1.04 bits per heavy atom. The molecule has 76 heavy (non-hydrogen) atoms.